The minimum absolute atomic E-state index is 0.472. The van der Waals surface area contributed by atoms with Crippen LogP contribution in [0, 0.1) is 13.8 Å². The molecule has 0 radical (unpaired) electrons. The zero-order chi connectivity index (χ0) is 14.3. The summed E-state index contributed by atoms with van der Waals surface area (Å²) in [7, 11) is 0. The van der Waals surface area contributed by atoms with E-state index < -0.39 is 0 Å². The van der Waals surface area contributed by atoms with Crippen molar-refractivity contribution in [3.63, 3.8) is 0 Å². The second-order valence-electron chi connectivity index (χ2n) is 6.59. The van der Waals surface area contributed by atoms with Crippen molar-refractivity contribution in [2.45, 2.75) is 65.1 Å². The SMILES string of the molecule is CCC1CN2CCCC2CN1C(C)c1cc(C)oc1C. The summed E-state index contributed by atoms with van der Waals surface area (Å²) in [5.74, 6) is 2.13. The van der Waals surface area contributed by atoms with Crippen molar-refractivity contribution in [2.75, 3.05) is 19.6 Å². The molecular formula is C17H28N2O. The number of rotatable bonds is 3. The molecule has 3 rings (SSSR count). The molecule has 2 fully saturated rings. The van der Waals surface area contributed by atoms with Gasteiger partial charge in [-0.05, 0) is 52.6 Å². The Morgan fingerprint density at radius 1 is 1.35 bits per heavy atom. The third-order valence-electron chi connectivity index (χ3n) is 5.33. The zero-order valence-corrected chi connectivity index (χ0v) is 13.4. The highest BCUT2D eigenvalue weighted by Crippen LogP contribution is 2.34. The Hall–Kier alpha value is -0.800. The fourth-order valence-electron chi connectivity index (χ4n) is 4.19. The first-order chi connectivity index (χ1) is 9.60. The van der Waals surface area contributed by atoms with Crippen LogP contribution in [0.15, 0.2) is 10.5 Å². The quantitative estimate of drug-likeness (QED) is 0.842. The molecule has 3 heteroatoms. The molecule has 3 unspecified atom stereocenters. The number of furan rings is 1. The maximum Gasteiger partial charge on any atom is 0.105 e. The molecule has 2 aliphatic heterocycles. The first-order valence-electron chi connectivity index (χ1n) is 8.17. The van der Waals surface area contributed by atoms with Crippen LogP contribution in [-0.4, -0.2) is 41.5 Å². The average Bonchev–Trinajstić information content (AvgIpc) is 3.01. The maximum atomic E-state index is 5.74. The number of hydrogen-bond acceptors (Lipinski definition) is 3. The van der Waals surface area contributed by atoms with Crippen LogP contribution in [0.4, 0.5) is 0 Å². The van der Waals surface area contributed by atoms with Gasteiger partial charge in [-0.3, -0.25) is 9.80 Å². The van der Waals surface area contributed by atoms with E-state index in [-0.39, 0.29) is 0 Å². The van der Waals surface area contributed by atoms with Gasteiger partial charge in [0.15, 0.2) is 0 Å². The van der Waals surface area contributed by atoms with Gasteiger partial charge in [0.25, 0.3) is 0 Å². The van der Waals surface area contributed by atoms with Gasteiger partial charge in [0.05, 0.1) is 0 Å². The Balaban J connectivity index is 1.81. The summed E-state index contributed by atoms with van der Waals surface area (Å²) in [5, 5.41) is 0. The Labute approximate surface area is 122 Å². The first-order valence-corrected chi connectivity index (χ1v) is 8.17. The van der Waals surface area contributed by atoms with Crippen molar-refractivity contribution in [1.82, 2.24) is 9.80 Å². The van der Waals surface area contributed by atoms with Crippen LogP contribution in [0.3, 0.4) is 0 Å². The van der Waals surface area contributed by atoms with Crippen molar-refractivity contribution in [1.29, 1.82) is 0 Å². The Morgan fingerprint density at radius 2 is 2.15 bits per heavy atom. The summed E-state index contributed by atoms with van der Waals surface area (Å²) < 4.78 is 5.74. The van der Waals surface area contributed by atoms with Crippen LogP contribution < -0.4 is 0 Å². The Bertz CT molecular complexity index is 468. The fourth-order valence-corrected chi connectivity index (χ4v) is 4.19. The Morgan fingerprint density at radius 3 is 2.80 bits per heavy atom. The third kappa shape index (κ3) is 2.42. The molecule has 0 amide bonds. The maximum absolute atomic E-state index is 5.74. The highest BCUT2D eigenvalue weighted by molar-refractivity contribution is 5.24. The summed E-state index contributed by atoms with van der Waals surface area (Å²) in [6.45, 7) is 12.6. The van der Waals surface area contributed by atoms with Crippen molar-refractivity contribution in [2.24, 2.45) is 0 Å². The van der Waals surface area contributed by atoms with Crippen LogP contribution in [0.25, 0.3) is 0 Å². The molecule has 0 aliphatic carbocycles. The van der Waals surface area contributed by atoms with Crippen molar-refractivity contribution in [3.8, 4) is 0 Å². The number of aryl methyl sites for hydroxylation is 2. The lowest BCUT2D eigenvalue weighted by Crippen LogP contribution is -2.56. The van der Waals surface area contributed by atoms with Gasteiger partial charge in [-0.2, -0.15) is 0 Å². The van der Waals surface area contributed by atoms with Gasteiger partial charge in [0, 0.05) is 36.8 Å². The monoisotopic (exact) mass is 276 g/mol. The van der Waals surface area contributed by atoms with Crippen LogP contribution in [-0.2, 0) is 0 Å². The van der Waals surface area contributed by atoms with E-state index in [9.17, 15) is 0 Å². The molecule has 20 heavy (non-hydrogen) atoms. The molecule has 0 spiro atoms. The molecule has 0 bridgehead atoms. The number of fused-ring (bicyclic) bond motifs is 1. The van der Waals surface area contributed by atoms with E-state index >= 15 is 0 Å². The van der Waals surface area contributed by atoms with Crippen molar-refractivity contribution < 1.29 is 4.42 Å². The molecule has 0 N–H and O–H groups in total. The summed E-state index contributed by atoms with van der Waals surface area (Å²) in [6, 6.07) is 4.18. The molecule has 1 aromatic heterocycles. The molecule has 3 atom stereocenters. The van der Waals surface area contributed by atoms with Crippen LogP contribution in [0.5, 0.6) is 0 Å². The average molecular weight is 276 g/mol. The highest BCUT2D eigenvalue weighted by Gasteiger charge is 2.38. The van der Waals surface area contributed by atoms with Crippen LogP contribution >= 0.6 is 0 Å². The van der Waals surface area contributed by atoms with Gasteiger partial charge in [0.2, 0.25) is 0 Å². The number of piperazine rings is 1. The third-order valence-corrected chi connectivity index (χ3v) is 5.33. The fraction of sp³-hybridized carbons (Fsp3) is 0.765. The lowest BCUT2D eigenvalue weighted by molar-refractivity contribution is 0.0223. The second-order valence-corrected chi connectivity index (χ2v) is 6.59. The van der Waals surface area contributed by atoms with Gasteiger partial charge in [-0.15, -0.1) is 0 Å². The number of nitrogens with zero attached hydrogens (tertiary/aromatic N) is 2. The topological polar surface area (TPSA) is 19.6 Å². The standard InChI is InChI=1S/C17H28N2O/c1-5-15-10-18-8-6-7-16(18)11-19(15)13(3)17-9-12(2)20-14(17)4/h9,13,15-16H,5-8,10-11H2,1-4H3. The molecule has 1 aromatic rings. The highest BCUT2D eigenvalue weighted by atomic mass is 16.3. The molecule has 3 heterocycles. The van der Waals surface area contributed by atoms with Crippen molar-refractivity contribution in [3.05, 3.63) is 23.2 Å². The summed E-state index contributed by atoms with van der Waals surface area (Å²) in [6.07, 6.45) is 4.00. The van der Waals surface area contributed by atoms with Gasteiger partial charge in [0.1, 0.15) is 11.5 Å². The van der Waals surface area contributed by atoms with E-state index in [2.05, 4.69) is 43.6 Å². The molecule has 2 saturated heterocycles. The largest absolute Gasteiger partial charge is 0.466 e. The summed E-state index contributed by atoms with van der Waals surface area (Å²) in [5.41, 5.74) is 1.38. The summed E-state index contributed by atoms with van der Waals surface area (Å²) in [4.78, 5) is 5.44. The molecule has 0 aromatic carbocycles. The smallest absolute Gasteiger partial charge is 0.105 e. The van der Waals surface area contributed by atoms with E-state index in [0.717, 1.165) is 17.6 Å². The van der Waals surface area contributed by atoms with E-state index in [1.54, 1.807) is 0 Å². The van der Waals surface area contributed by atoms with E-state index in [4.69, 9.17) is 4.42 Å². The minimum atomic E-state index is 0.472. The second kappa shape index (κ2) is 5.53. The number of hydrogen-bond donors (Lipinski definition) is 0. The van der Waals surface area contributed by atoms with Gasteiger partial charge in [-0.25, -0.2) is 0 Å². The molecule has 0 saturated carbocycles. The van der Waals surface area contributed by atoms with Gasteiger partial charge in [-0.1, -0.05) is 6.92 Å². The predicted molar refractivity (Wildman–Crippen MR) is 82.0 cm³/mol. The normalized spacial score (nSPS) is 29.6. The molecule has 3 nitrogen and oxygen atoms in total. The first kappa shape index (κ1) is 14.2. The van der Waals surface area contributed by atoms with Gasteiger partial charge >= 0.3 is 0 Å². The zero-order valence-electron chi connectivity index (χ0n) is 13.4. The molecule has 2 aliphatic rings. The predicted octanol–water partition coefficient (Wildman–Crippen LogP) is 3.52. The lowest BCUT2D eigenvalue weighted by atomic mass is 9.99. The van der Waals surface area contributed by atoms with E-state index in [1.165, 1.54) is 44.5 Å². The van der Waals surface area contributed by atoms with Crippen LogP contribution in [0.1, 0.15) is 56.2 Å². The van der Waals surface area contributed by atoms with Gasteiger partial charge < -0.3 is 4.42 Å². The summed E-state index contributed by atoms with van der Waals surface area (Å²) >= 11 is 0. The lowest BCUT2D eigenvalue weighted by Gasteiger charge is -2.46. The van der Waals surface area contributed by atoms with E-state index in [1.807, 2.05) is 0 Å². The van der Waals surface area contributed by atoms with Crippen molar-refractivity contribution >= 4 is 0 Å². The minimum Gasteiger partial charge on any atom is -0.466 e. The molecule has 112 valence electrons. The van der Waals surface area contributed by atoms with Crippen LogP contribution in [0.2, 0.25) is 0 Å². The van der Waals surface area contributed by atoms with E-state index in [0.29, 0.717) is 12.1 Å². The molecular weight excluding hydrogens is 248 g/mol. The Kier molecular flexibility index (Phi) is 3.91.